The Hall–Kier alpha value is -19.5. The van der Waals surface area contributed by atoms with Crippen molar-refractivity contribution in [1.82, 2.24) is 14.7 Å². The number of hydrogen-bond donors (Lipinski definition) is 37. The Morgan fingerprint density at radius 1 is 0.280 bits per heavy atom. The smallest absolute Gasteiger partial charge is 0.227 e. The van der Waals surface area contributed by atoms with E-state index < -0.39 is 0 Å². The van der Waals surface area contributed by atoms with Gasteiger partial charge in [0.2, 0.25) is 59.6 Å². The number of hydrogen-bond acceptors (Lipinski definition) is 26. The first-order valence-electron chi connectivity index (χ1n) is 36.6. The van der Waals surface area contributed by atoms with Gasteiger partial charge in [-0.15, -0.1) is 0 Å². The number of nitrogens with two attached hydrogens (primary N) is 15. The Morgan fingerprint density at radius 2 is 0.606 bits per heavy atom. The quantitative estimate of drug-likeness (QED) is 0.0373. The molecule has 712 valence electrons. The summed E-state index contributed by atoms with van der Waals surface area (Å²) < 4.78 is 0. The van der Waals surface area contributed by atoms with Crippen molar-refractivity contribution < 1.29 is 81.7 Å². The maximum atomic E-state index is 9.38. The summed E-state index contributed by atoms with van der Waals surface area (Å²) in [4.78, 5) is 55.0. The summed E-state index contributed by atoms with van der Waals surface area (Å²) in [5.74, 6) is -4.06. The van der Waals surface area contributed by atoms with Crippen molar-refractivity contribution in [2.24, 2.45) is 146 Å². The van der Waals surface area contributed by atoms with Gasteiger partial charge < -0.3 is 203 Å². The second-order valence-corrected chi connectivity index (χ2v) is 25.6. The SMILES string of the molecule is CN(C(=N)N)C(=N)N(C)c1ccc(O)c(O)c1.CN(C(=N)N)C(N)=Nc1ccc(O)c(O)c1.CN(C(=N)N=C(N)N)c1ccc(O)c(O)c1.CN(C)C(N)=NC(N)=Nc1ccc(O)c(O)c1.CN=C(N)N=C(N)N(C)c1ccc(O)c(O)c1.CN=C(N)N=C(N)Nc1ccc(O)c(O)c1.CN=C(N=C(N)N)N(C)c1ccc(O)c(O)c1.CN=C(N=C(N)N)Nc1ccc(O)c(O)c1. The Balaban J connectivity index is 0.000000754. The molecule has 0 aliphatic heterocycles. The molecule has 56 heteroatoms. The highest BCUT2D eigenvalue weighted by Crippen LogP contribution is 2.35. The Morgan fingerprint density at radius 3 is 0.947 bits per heavy atom. The van der Waals surface area contributed by atoms with Crippen LogP contribution in [0.15, 0.2) is 206 Å². The molecule has 52 N–H and O–H groups in total. The van der Waals surface area contributed by atoms with E-state index in [1.807, 2.05) is 0 Å². The number of anilines is 6. The molecular weight excluding hydrogens is 1730 g/mol. The lowest BCUT2D eigenvalue weighted by Gasteiger charge is -2.26. The molecule has 0 amide bonds. The van der Waals surface area contributed by atoms with Gasteiger partial charge in [-0.25, -0.2) is 9.98 Å². The molecule has 0 bridgehead atoms. The van der Waals surface area contributed by atoms with Crippen molar-refractivity contribution in [3.8, 4) is 92.0 Å². The number of rotatable bonds is 8. The molecule has 0 heterocycles. The van der Waals surface area contributed by atoms with Crippen LogP contribution in [-0.2, 0) is 0 Å². The van der Waals surface area contributed by atoms with E-state index in [0.29, 0.717) is 45.5 Å². The first-order chi connectivity index (χ1) is 61.5. The second kappa shape index (κ2) is 53.5. The number of phenols is 16. The number of nitrogens with zero attached hydrogens (tertiary/aromatic N) is 19. The van der Waals surface area contributed by atoms with Crippen molar-refractivity contribution >= 4 is 141 Å². The third-order valence-corrected chi connectivity index (χ3v) is 15.7. The number of aliphatic imine (C=N–C) groups is 12. The van der Waals surface area contributed by atoms with E-state index in [1.54, 1.807) is 77.3 Å². The molecule has 0 aliphatic rings. The van der Waals surface area contributed by atoms with Gasteiger partial charge in [0.05, 0.1) is 11.4 Å². The van der Waals surface area contributed by atoms with E-state index in [2.05, 4.69) is 70.5 Å². The number of benzene rings is 8. The molecule has 0 saturated heterocycles. The largest absolute Gasteiger partial charge is 0.504 e. The van der Waals surface area contributed by atoms with Gasteiger partial charge in [-0.3, -0.25) is 51.4 Å². The molecule has 0 saturated carbocycles. The van der Waals surface area contributed by atoms with Crippen LogP contribution in [0, 0.1) is 21.6 Å². The molecule has 0 unspecified atom stereocenters. The van der Waals surface area contributed by atoms with Crippen LogP contribution in [0.3, 0.4) is 0 Å². The lowest BCUT2D eigenvalue weighted by atomic mass is 10.2. The number of phenolic OH excluding ortho intramolecular Hbond substituents is 16. The minimum atomic E-state index is -0.292. The maximum absolute atomic E-state index is 9.38. The van der Waals surface area contributed by atoms with Crippen molar-refractivity contribution in [1.29, 1.82) is 21.6 Å². The molecule has 0 aliphatic carbocycles. The summed E-state index contributed by atoms with van der Waals surface area (Å²) in [6.07, 6.45) is 0. The van der Waals surface area contributed by atoms with Crippen LogP contribution in [0.1, 0.15) is 0 Å². The molecule has 8 rings (SSSR count). The van der Waals surface area contributed by atoms with Gasteiger partial charge in [-0.2, -0.15) is 30.0 Å². The number of nitrogens with one attached hydrogen (secondary N) is 6. The van der Waals surface area contributed by atoms with Crippen LogP contribution in [0.4, 0.5) is 45.5 Å². The van der Waals surface area contributed by atoms with Crippen LogP contribution < -0.4 is 116 Å². The normalized spacial score (nSPS) is 11.3. The maximum Gasteiger partial charge on any atom is 0.227 e. The van der Waals surface area contributed by atoms with Gasteiger partial charge in [0.15, 0.2) is 128 Å². The van der Waals surface area contributed by atoms with Crippen LogP contribution in [0.2, 0.25) is 0 Å². The average molecular weight is 1840 g/mol. The number of guanidine groups is 16. The van der Waals surface area contributed by atoms with Crippen molar-refractivity contribution in [2.75, 3.05) is 115 Å². The molecule has 0 spiro atoms. The van der Waals surface area contributed by atoms with Crippen LogP contribution in [0.5, 0.6) is 92.0 Å². The van der Waals surface area contributed by atoms with E-state index in [1.165, 1.54) is 187 Å². The third kappa shape index (κ3) is 38.9. The van der Waals surface area contributed by atoms with Crippen molar-refractivity contribution in [2.45, 2.75) is 0 Å². The minimum absolute atomic E-state index is 0.0117. The van der Waals surface area contributed by atoms with E-state index in [-0.39, 0.29) is 187 Å². The molecule has 0 radical (unpaired) electrons. The molecule has 0 aromatic heterocycles. The summed E-state index contributed by atoms with van der Waals surface area (Å²) in [7, 11) is 18.9. The minimum Gasteiger partial charge on any atom is -0.504 e. The van der Waals surface area contributed by atoms with E-state index >= 15 is 0 Å². The van der Waals surface area contributed by atoms with Gasteiger partial charge in [-0.05, 0) is 97.1 Å². The monoisotopic (exact) mass is 1840 g/mol. The van der Waals surface area contributed by atoms with E-state index in [0.717, 1.165) is 0 Å². The standard InChI is InChI=1S/4C10H15N5O2.4C9H13N5O2/c1-15(2)10(12)14-9(11)13-6-3-4-7(16)8(17)5-6;1-13-9(11)14-10(12)15(2)6-3-4-7(16)8(17)5-6;1-14(10(13)15(2)9(11)12)6-3-4-7(16)8(17)5-6;1-13-10(14-9(11)12)15(2)6-3-4-7(16)8(17)5-6;1-12-8(10)14-9(11)13-5-2-3-6(15)7(16)4-5;1-14(9(12)13-8(10)11)5-2-3-6(15)7(16)4-5;1-14(8(10)11)9(12)13-5-2-3-6(15)7(16)4-5;1-12-9(14-8(10)11)13-5-2-3-6(15)7(16)4-5/h2*3-5,16-17H,1-2H3,(H4,11,12,13,14);3-5,13,16-17H,1-2H3,(H3,11,12);3-5,16-17H,1-2H3,(H4,11,12,13,14);2-4,15-16H,1H3,(H5,10,11,12,13,14);2-4,15-16H,1H3,(H5,10,11,12,13);2-4,15-16H,1H3,(H3,10,11)(H2,12,13);2-4,15-16H,1H3,(H5,10,11,12,13,14). The molecular formula is C76H112N40O16. The lowest BCUT2D eigenvalue weighted by Crippen LogP contribution is -2.45. The number of aromatic hydroxyl groups is 16. The summed E-state index contributed by atoms with van der Waals surface area (Å²) in [5.41, 5.74) is 84.1. The van der Waals surface area contributed by atoms with Gasteiger partial charge in [0.25, 0.3) is 0 Å². The predicted molar refractivity (Wildman–Crippen MR) is 514 cm³/mol. The van der Waals surface area contributed by atoms with E-state index in [4.69, 9.17) is 133 Å². The first-order valence-corrected chi connectivity index (χ1v) is 36.6. The van der Waals surface area contributed by atoms with Gasteiger partial charge in [-0.1, -0.05) is 0 Å². The molecule has 56 nitrogen and oxygen atoms in total. The lowest BCUT2D eigenvalue weighted by molar-refractivity contribution is 0.404. The summed E-state index contributed by atoms with van der Waals surface area (Å²) >= 11 is 0. The molecule has 8 aromatic carbocycles. The van der Waals surface area contributed by atoms with Crippen LogP contribution in [0.25, 0.3) is 0 Å². The Bertz CT molecular complexity index is 5670. The van der Waals surface area contributed by atoms with Gasteiger partial charge in [0, 0.05) is 167 Å². The zero-order chi connectivity index (χ0) is 101. The highest BCUT2D eigenvalue weighted by atomic mass is 16.3. The summed E-state index contributed by atoms with van der Waals surface area (Å²) in [6, 6.07) is 33.4. The fourth-order valence-corrected chi connectivity index (χ4v) is 8.35. The molecule has 8 aromatic rings. The van der Waals surface area contributed by atoms with Crippen molar-refractivity contribution in [3.05, 3.63) is 146 Å². The summed E-state index contributed by atoms with van der Waals surface area (Å²) in [6.45, 7) is 0. The molecule has 132 heavy (non-hydrogen) atoms. The second-order valence-electron chi connectivity index (χ2n) is 25.6. The zero-order valence-corrected chi connectivity index (χ0v) is 73.2. The van der Waals surface area contributed by atoms with Gasteiger partial charge >= 0.3 is 0 Å². The predicted octanol–water partition coefficient (Wildman–Crippen LogP) is -1.05. The van der Waals surface area contributed by atoms with Crippen molar-refractivity contribution in [3.63, 3.8) is 0 Å². The molecule has 0 atom stereocenters. The topological polar surface area (TPSA) is 1000 Å². The third-order valence-electron chi connectivity index (χ3n) is 15.7. The Kier molecular flexibility index (Phi) is 44.8. The van der Waals surface area contributed by atoms with E-state index in [9.17, 15) is 56.2 Å². The highest BCUT2D eigenvalue weighted by Gasteiger charge is 2.18. The zero-order valence-electron chi connectivity index (χ0n) is 73.2. The first kappa shape index (κ1) is 110. The van der Waals surface area contributed by atoms with Crippen LogP contribution in [-0.4, -0.2) is 276 Å². The Labute approximate surface area is 754 Å². The van der Waals surface area contributed by atoms with Crippen LogP contribution >= 0.6 is 0 Å². The summed E-state index contributed by atoms with van der Waals surface area (Å²) in [5, 5.41) is 182. The fourth-order valence-electron chi connectivity index (χ4n) is 8.35. The molecule has 0 fully saturated rings. The van der Waals surface area contributed by atoms with Gasteiger partial charge in [0.1, 0.15) is 0 Å². The fraction of sp³-hybridized carbons (Fsp3) is 0.158. The highest BCUT2D eigenvalue weighted by molar-refractivity contribution is 6.06. The average Bonchev–Trinajstić information content (AvgIpc) is 0.839.